The van der Waals surface area contributed by atoms with Gasteiger partial charge in [-0.3, -0.25) is 4.79 Å². The zero-order chi connectivity index (χ0) is 11.6. The van der Waals surface area contributed by atoms with Gasteiger partial charge >= 0.3 is 0 Å². The van der Waals surface area contributed by atoms with Crippen LogP contribution in [0.5, 0.6) is 0 Å². The van der Waals surface area contributed by atoms with Crippen molar-refractivity contribution in [2.24, 2.45) is 5.92 Å². The summed E-state index contributed by atoms with van der Waals surface area (Å²) in [4.78, 5) is 13.2. The molecule has 1 N–H and O–H groups in total. The highest BCUT2D eigenvalue weighted by Gasteiger charge is 2.39. The average molecular weight is 229 g/mol. The number of rotatable bonds is 4. The lowest BCUT2D eigenvalue weighted by Crippen LogP contribution is -2.62. The van der Waals surface area contributed by atoms with Crippen molar-refractivity contribution in [2.45, 2.75) is 18.9 Å². The number of ether oxygens (including phenoxy) is 2. The lowest BCUT2D eigenvalue weighted by molar-refractivity contribution is -0.157. The third-order valence-corrected chi connectivity index (χ3v) is 3.02. The Morgan fingerprint density at radius 3 is 2.94 bits per heavy atom. The minimum Gasteiger partial charge on any atom is -0.386 e. The van der Waals surface area contributed by atoms with E-state index < -0.39 is 5.60 Å². The second kappa shape index (κ2) is 4.69. The van der Waals surface area contributed by atoms with Crippen molar-refractivity contribution in [3.8, 4) is 0 Å². The van der Waals surface area contributed by atoms with Crippen LogP contribution in [0.1, 0.15) is 13.3 Å². The number of amides is 1. The molecule has 2 saturated heterocycles. The van der Waals surface area contributed by atoms with Gasteiger partial charge < -0.3 is 19.5 Å². The maximum absolute atomic E-state index is 11.5. The summed E-state index contributed by atoms with van der Waals surface area (Å²) in [7, 11) is 0. The number of β-amino-alcohol motifs (C(OH)–C–C–N with tert-alkyl or cyclic N) is 1. The van der Waals surface area contributed by atoms with Gasteiger partial charge in [0, 0.05) is 12.5 Å². The topological polar surface area (TPSA) is 59.0 Å². The highest BCUT2D eigenvalue weighted by molar-refractivity contribution is 5.78. The standard InChI is InChI=1S/C11H19NO4/c1-11(14)7-12(8-11)10(13)6-16-5-9-2-3-15-4-9/h9,14H,2-8H2,1H3. The molecule has 5 heteroatoms. The maximum Gasteiger partial charge on any atom is 0.248 e. The Balaban J connectivity index is 1.58. The number of likely N-dealkylation sites (tertiary alicyclic amines) is 1. The second-order valence-corrected chi connectivity index (χ2v) is 4.99. The van der Waals surface area contributed by atoms with Crippen molar-refractivity contribution in [3.05, 3.63) is 0 Å². The molecule has 2 fully saturated rings. The molecule has 0 spiro atoms. The summed E-state index contributed by atoms with van der Waals surface area (Å²) in [6, 6.07) is 0. The molecule has 1 amide bonds. The van der Waals surface area contributed by atoms with Crippen molar-refractivity contribution in [3.63, 3.8) is 0 Å². The van der Waals surface area contributed by atoms with E-state index in [1.807, 2.05) is 0 Å². The van der Waals surface area contributed by atoms with E-state index >= 15 is 0 Å². The summed E-state index contributed by atoms with van der Waals surface area (Å²) in [5.74, 6) is 0.401. The first-order valence-corrected chi connectivity index (χ1v) is 5.72. The molecule has 0 radical (unpaired) electrons. The summed E-state index contributed by atoms with van der Waals surface area (Å²) in [6.07, 6.45) is 1.02. The van der Waals surface area contributed by atoms with E-state index in [1.54, 1.807) is 11.8 Å². The van der Waals surface area contributed by atoms with Crippen LogP contribution in [-0.4, -0.2) is 61.0 Å². The Bertz CT molecular complexity index is 253. The Hall–Kier alpha value is -0.650. The fourth-order valence-corrected chi connectivity index (χ4v) is 2.07. The van der Waals surface area contributed by atoms with Crippen molar-refractivity contribution in [2.75, 3.05) is 39.5 Å². The molecule has 1 unspecified atom stereocenters. The summed E-state index contributed by atoms with van der Waals surface area (Å²) in [5, 5.41) is 9.48. The molecule has 0 aromatic heterocycles. The van der Waals surface area contributed by atoms with Gasteiger partial charge in [-0.2, -0.15) is 0 Å². The van der Waals surface area contributed by atoms with Crippen molar-refractivity contribution < 1.29 is 19.4 Å². The first-order valence-electron chi connectivity index (χ1n) is 5.72. The number of carbonyl (C=O) groups is 1. The number of hydrogen-bond acceptors (Lipinski definition) is 4. The molecular weight excluding hydrogens is 210 g/mol. The zero-order valence-corrected chi connectivity index (χ0v) is 9.65. The zero-order valence-electron chi connectivity index (χ0n) is 9.65. The van der Waals surface area contributed by atoms with Gasteiger partial charge in [-0.05, 0) is 13.3 Å². The Morgan fingerprint density at radius 2 is 2.38 bits per heavy atom. The number of hydrogen-bond donors (Lipinski definition) is 1. The highest BCUT2D eigenvalue weighted by atomic mass is 16.5. The lowest BCUT2D eigenvalue weighted by atomic mass is 9.97. The van der Waals surface area contributed by atoms with E-state index in [2.05, 4.69) is 0 Å². The van der Waals surface area contributed by atoms with Crippen molar-refractivity contribution in [1.29, 1.82) is 0 Å². The Morgan fingerprint density at radius 1 is 1.62 bits per heavy atom. The van der Waals surface area contributed by atoms with Crippen LogP contribution in [0.2, 0.25) is 0 Å². The van der Waals surface area contributed by atoms with E-state index in [0.29, 0.717) is 25.6 Å². The van der Waals surface area contributed by atoms with E-state index in [1.165, 1.54) is 0 Å². The van der Waals surface area contributed by atoms with E-state index in [9.17, 15) is 9.90 Å². The molecule has 2 aliphatic rings. The number of aliphatic hydroxyl groups is 1. The molecule has 2 rings (SSSR count). The minimum absolute atomic E-state index is 0.0366. The van der Waals surface area contributed by atoms with Gasteiger partial charge in [-0.25, -0.2) is 0 Å². The summed E-state index contributed by atoms with van der Waals surface area (Å²) < 4.78 is 10.6. The molecule has 92 valence electrons. The fourth-order valence-electron chi connectivity index (χ4n) is 2.07. The normalized spacial score (nSPS) is 27.9. The molecule has 0 aliphatic carbocycles. The van der Waals surface area contributed by atoms with Gasteiger partial charge in [0.25, 0.3) is 0 Å². The third-order valence-electron chi connectivity index (χ3n) is 3.02. The first kappa shape index (κ1) is 11.8. The van der Waals surface area contributed by atoms with Crippen molar-refractivity contribution >= 4 is 5.91 Å². The summed E-state index contributed by atoms with van der Waals surface area (Å²) in [6.45, 7) is 4.82. The van der Waals surface area contributed by atoms with Crippen LogP contribution in [0.25, 0.3) is 0 Å². The molecule has 0 bridgehead atoms. The van der Waals surface area contributed by atoms with E-state index in [-0.39, 0.29) is 12.5 Å². The minimum atomic E-state index is -0.699. The molecular formula is C11H19NO4. The predicted octanol–water partition coefficient (Wildman–Crippen LogP) is -0.367. The third kappa shape index (κ3) is 2.93. The van der Waals surface area contributed by atoms with E-state index in [4.69, 9.17) is 9.47 Å². The quantitative estimate of drug-likeness (QED) is 0.714. The van der Waals surface area contributed by atoms with Gasteiger partial charge in [0.2, 0.25) is 5.91 Å². The molecule has 5 nitrogen and oxygen atoms in total. The first-order chi connectivity index (χ1) is 7.57. The molecule has 2 heterocycles. The average Bonchev–Trinajstić information content (AvgIpc) is 2.66. The SMILES string of the molecule is CC1(O)CN(C(=O)COCC2CCOC2)C1. The number of nitrogens with zero attached hydrogens (tertiary/aromatic N) is 1. The molecule has 2 aliphatic heterocycles. The van der Waals surface area contributed by atoms with Gasteiger partial charge in [0.15, 0.2) is 0 Å². The van der Waals surface area contributed by atoms with Crippen LogP contribution in [0, 0.1) is 5.92 Å². The van der Waals surface area contributed by atoms with Crippen LogP contribution in [0.15, 0.2) is 0 Å². The lowest BCUT2D eigenvalue weighted by Gasteiger charge is -2.44. The van der Waals surface area contributed by atoms with Crippen LogP contribution in [0.4, 0.5) is 0 Å². The summed E-state index contributed by atoms with van der Waals surface area (Å²) in [5.41, 5.74) is -0.699. The summed E-state index contributed by atoms with van der Waals surface area (Å²) >= 11 is 0. The maximum atomic E-state index is 11.5. The van der Waals surface area contributed by atoms with Gasteiger partial charge in [0.05, 0.1) is 31.9 Å². The molecule has 0 aromatic rings. The Labute approximate surface area is 95.3 Å². The van der Waals surface area contributed by atoms with E-state index in [0.717, 1.165) is 19.6 Å². The predicted molar refractivity (Wildman–Crippen MR) is 56.9 cm³/mol. The molecule has 1 atom stereocenters. The van der Waals surface area contributed by atoms with Gasteiger partial charge in [0.1, 0.15) is 6.61 Å². The van der Waals surface area contributed by atoms with Crippen LogP contribution in [0.3, 0.4) is 0 Å². The smallest absolute Gasteiger partial charge is 0.248 e. The highest BCUT2D eigenvalue weighted by Crippen LogP contribution is 2.19. The van der Waals surface area contributed by atoms with Crippen molar-refractivity contribution in [1.82, 2.24) is 4.90 Å². The molecule has 0 saturated carbocycles. The fraction of sp³-hybridized carbons (Fsp3) is 0.909. The van der Waals surface area contributed by atoms with Gasteiger partial charge in [-0.1, -0.05) is 0 Å². The molecule has 0 aromatic carbocycles. The number of carbonyl (C=O) groups excluding carboxylic acids is 1. The largest absolute Gasteiger partial charge is 0.386 e. The second-order valence-electron chi connectivity index (χ2n) is 4.99. The molecule has 16 heavy (non-hydrogen) atoms. The monoisotopic (exact) mass is 229 g/mol. The van der Waals surface area contributed by atoms with Crippen LogP contribution in [-0.2, 0) is 14.3 Å². The van der Waals surface area contributed by atoms with Crippen LogP contribution >= 0.6 is 0 Å². The van der Waals surface area contributed by atoms with Crippen LogP contribution < -0.4 is 0 Å². The Kier molecular flexibility index (Phi) is 3.47. The van der Waals surface area contributed by atoms with Gasteiger partial charge in [-0.15, -0.1) is 0 Å².